The van der Waals surface area contributed by atoms with Crippen molar-refractivity contribution in [1.82, 2.24) is 0 Å². The van der Waals surface area contributed by atoms with Gasteiger partial charge in [0.1, 0.15) is 17.2 Å². The highest BCUT2D eigenvalue weighted by atomic mass is 32.2. The van der Waals surface area contributed by atoms with E-state index in [0.29, 0.717) is 12.4 Å². The molecule has 0 saturated carbocycles. The fourth-order valence-electron chi connectivity index (χ4n) is 4.26. The van der Waals surface area contributed by atoms with Crippen molar-refractivity contribution >= 4 is 23.7 Å². The van der Waals surface area contributed by atoms with Crippen molar-refractivity contribution in [2.75, 3.05) is 12.4 Å². The zero-order chi connectivity index (χ0) is 39.9. The Balaban J connectivity index is 1.52. The number of unbranched alkanes of at least 4 members (excludes halogenated alkanes) is 3. The highest BCUT2D eigenvalue weighted by Crippen LogP contribution is 2.60. The minimum absolute atomic E-state index is 0.0118. The molecule has 0 N–H and O–H groups in total. The molecule has 0 bridgehead atoms. The van der Waals surface area contributed by atoms with E-state index in [1.54, 1.807) is 12.1 Å². The van der Waals surface area contributed by atoms with Gasteiger partial charge in [-0.15, -0.1) is 11.8 Å². The van der Waals surface area contributed by atoms with Gasteiger partial charge < -0.3 is 14.2 Å². The summed E-state index contributed by atoms with van der Waals surface area (Å²) >= 11 is 0.264. The topological polar surface area (TPSA) is 61.8 Å². The highest BCUT2D eigenvalue weighted by Gasteiger charge is 2.90. The van der Waals surface area contributed by atoms with Crippen LogP contribution < -0.4 is 14.2 Å². The lowest BCUT2D eigenvalue weighted by molar-refractivity contribution is -0.439. The number of halogens is 13. The van der Waals surface area contributed by atoms with Crippen LogP contribution in [0.15, 0.2) is 77.7 Å². The smallest absolute Gasteiger partial charge is 0.460 e. The van der Waals surface area contributed by atoms with Gasteiger partial charge in [0.25, 0.3) is 0 Å². The summed E-state index contributed by atoms with van der Waals surface area (Å²) in [6.07, 6.45) is -5.67. The number of hydrogen-bond acceptors (Lipinski definition) is 6. The Bertz CT molecular complexity index is 1660. The molecule has 0 unspecified atom stereocenters. The van der Waals surface area contributed by atoms with Crippen molar-refractivity contribution in [3.63, 3.8) is 0 Å². The Labute approximate surface area is 297 Å². The lowest BCUT2D eigenvalue weighted by Crippen LogP contribution is -2.70. The van der Waals surface area contributed by atoms with Crippen LogP contribution >= 0.6 is 11.8 Å². The Morgan fingerprint density at radius 3 is 1.43 bits per heavy atom. The molecule has 0 amide bonds. The Kier molecular flexibility index (Phi) is 13.8. The molecule has 0 aliphatic rings. The second-order valence-corrected chi connectivity index (χ2v) is 12.5. The quantitative estimate of drug-likeness (QED) is 0.0420. The average Bonchev–Trinajstić information content (AvgIpc) is 3.08. The summed E-state index contributed by atoms with van der Waals surface area (Å²) in [6, 6.07) is 15.8. The van der Waals surface area contributed by atoms with Crippen LogP contribution in [0.2, 0.25) is 0 Å². The van der Waals surface area contributed by atoms with Crippen LogP contribution in [0, 0.1) is 0 Å². The van der Waals surface area contributed by atoms with Crippen molar-refractivity contribution in [2.45, 2.75) is 79.7 Å². The van der Waals surface area contributed by atoms with Gasteiger partial charge in [-0.3, -0.25) is 0 Å². The number of alkyl halides is 13. The molecule has 0 atom stereocenters. The van der Waals surface area contributed by atoms with Crippen molar-refractivity contribution in [3.8, 4) is 17.2 Å². The zero-order valence-electron chi connectivity index (χ0n) is 27.2. The standard InChI is InChI=1S/C34H29F13O5S/c1-2-3-4-5-19-50-23-10-6-21(7-11-23)27(48)51-24-12-8-22(9-13-24)28(49)52-25-14-16-26(17-15-25)53-20-18-29(35,36)30(37,38)31(39,40)32(41,42)33(43,44)34(45,46)47/h6-17H,2-5,18-20H2,1H3. The summed E-state index contributed by atoms with van der Waals surface area (Å²) in [4.78, 5) is 25.0. The first kappa shape index (κ1) is 43.2. The molecule has 3 rings (SSSR count). The van der Waals surface area contributed by atoms with Crippen molar-refractivity contribution < 1.29 is 80.9 Å². The molecule has 19 heteroatoms. The number of carbonyl (C=O) groups is 2. The summed E-state index contributed by atoms with van der Waals surface area (Å²) in [7, 11) is 0. The molecule has 0 saturated heterocycles. The molecule has 3 aromatic rings. The maximum atomic E-state index is 14.0. The Morgan fingerprint density at radius 2 is 0.981 bits per heavy atom. The van der Waals surface area contributed by atoms with E-state index < -0.39 is 59.9 Å². The van der Waals surface area contributed by atoms with Gasteiger partial charge in [0.05, 0.1) is 17.7 Å². The van der Waals surface area contributed by atoms with Crippen LogP contribution in [-0.4, -0.2) is 60.1 Å². The van der Waals surface area contributed by atoms with Gasteiger partial charge in [-0.2, -0.15) is 57.1 Å². The number of thioether (sulfide) groups is 1. The lowest BCUT2D eigenvalue weighted by atomic mass is 9.93. The number of ether oxygens (including phenoxy) is 3. The largest absolute Gasteiger partial charge is 0.494 e. The fraction of sp³-hybridized carbons (Fsp3) is 0.412. The fourth-order valence-corrected chi connectivity index (χ4v) is 5.18. The van der Waals surface area contributed by atoms with E-state index >= 15 is 0 Å². The van der Waals surface area contributed by atoms with E-state index in [1.165, 1.54) is 36.4 Å². The predicted molar refractivity (Wildman–Crippen MR) is 165 cm³/mol. The lowest BCUT2D eigenvalue weighted by Gasteiger charge is -2.39. The van der Waals surface area contributed by atoms with E-state index in [4.69, 9.17) is 14.2 Å². The molecule has 0 spiro atoms. The van der Waals surface area contributed by atoms with Crippen LogP contribution in [-0.2, 0) is 0 Å². The molecule has 0 aliphatic heterocycles. The van der Waals surface area contributed by atoms with Crippen LogP contribution in [0.25, 0.3) is 0 Å². The Hall–Kier alpha value is -4.16. The summed E-state index contributed by atoms with van der Waals surface area (Å²) in [6.45, 7) is 2.64. The Morgan fingerprint density at radius 1 is 0.547 bits per heavy atom. The average molecular weight is 797 g/mol. The molecule has 5 nitrogen and oxygen atoms in total. The van der Waals surface area contributed by atoms with Crippen molar-refractivity contribution in [1.29, 1.82) is 0 Å². The number of hydrogen-bond donors (Lipinski definition) is 0. The van der Waals surface area contributed by atoms with Crippen molar-refractivity contribution in [2.24, 2.45) is 0 Å². The maximum Gasteiger partial charge on any atom is 0.460 e. The maximum absolute atomic E-state index is 14.0. The number of esters is 2. The molecular weight excluding hydrogens is 767 g/mol. The summed E-state index contributed by atoms with van der Waals surface area (Å²) in [5.41, 5.74) is 0.223. The third kappa shape index (κ3) is 9.89. The van der Waals surface area contributed by atoms with E-state index in [0.717, 1.165) is 49.9 Å². The van der Waals surface area contributed by atoms with Crippen LogP contribution in [0.4, 0.5) is 57.1 Å². The van der Waals surface area contributed by atoms with Gasteiger partial charge in [0.15, 0.2) is 0 Å². The summed E-state index contributed by atoms with van der Waals surface area (Å²) < 4.78 is 189. The minimum atomic E-state index is -7.95. The molecular formula is C34H29F13O5S. The van der Waals surface area contributed by atoms with Crippen LogP contribution in [0.5, 0.6) is 17.2 Å². The van der Waals surface area contributed by atoms with Gasteiger partial charge in [0.2, 0.25) is 0 Å². The predicted octanol–water partition coefficient (Wildman–Crippen LogP) is 11.3. The van der Waals surface area contributed by atoms with Gasteiger partial charge in [-0.25, -0.2) is 9.59 Å². The van der Waals surface area contributed by atoms with E-state index in [2.05, 4.69) is 6.92 Å². The molecule has 53 heavy (non-hydrogen) atoms. The molecule has 0 radical (unpaired) electrons. The van der Waals surface area contributed by atoms with Crippen LogP contribution in [0.1, 0.15) is 59.7 Å². The summed E-state index contributed by atoms with van der Waals surface area (Å²) in [5, 5.41) is 0. The monoisotopic (exact) mass is 796 g/mol. The van der Waals surface area contributed by atoms with E-state index in [-0.39, 0.29) is 39.3 Å². The van der Waals surface area contributed by atoms with Gasteiger partial charge in [-0.05, 0) is 79.2 Å². The number of benzene rings is 3. The molecule has 0 heterocycles. The second-order valence-electron chi connectivity index (χ2n) is 11.3. The SMILES string of the molecule is CCCCCCOc1ccc(C(=O)Oc2ccc(C(=O)Oc3ccc(SCCC(F)(F)C(F)(F)C(F)(F)C(F)(F)C(F)(F)C(F)(F)F)cc3)cc2)cc1. The normalized spacial score (nSPS) is 13.1. The van der Waals surface area contributed by atoms with E-state index in [1.807, 2.05) is 0 Å². The molecule has 3 aromatic carbocycles. The van der Waals surface area contributed by atoms with Crippen molar-refractivity contribution in [3.05, 3.63) is 83.9 Å². The first-order chi connectivity index (χ1) is 24.5. The number of rotatable bonds is 18. The van der Waals surface area contributed by atoms with Gasteiger partial charge >= 0.3 is 47.7 Å². The molecule has 0 aliphatic carbocycles. The first-order valence-electron chi connectivity index (χ1n) is 15.4. The number of carbonyl (C=O) groups excluding carboxylic acids is 2. The van der Waals surface area contributed by atoms with Gasteiger partial charge in [0, 0.05) is 17.1 Å². The molecule has 292 valence electrons. The first-order valence-corrected chi connectivity index (χ1v) is 16.4. The molecule has 0 aromatic heterocycles. The van der Waals surface area contributed by atoms with E-state index in [9.17, 15) is 66.7 Å². The highest BCUT2D eigenvalue weighted by molar-refractivity contribution is 7.99. The minimum Gasteiger partial charge on any atom is -0.494 e. The van der Waals surface area contributed by atoms with Gasteiger partial charge in [-0.1, -0.05) is 26.2 Å². The summed E-state index contributed by atoms with van der Waals surface area (Å²) in [5.74, 6) is -39.4. The molecule has 0 fully saturated rings. The van der Waals surface area contributed by atoms with Crippen LogP contribution in [0.3, 0.4) is 0 Å². The third-order valence-corrected chi connectivity index (χ3v) is 8.39. The second kappa shape index (κ2) is 16.9. The zero-order valence-corrected chi connectivity index (χ0v) is 28.1. The third-order valence-electron chi connectivity index (χ3n) is 7.37.